The number of rotatable bonds is 10. The Hall–Kier alpha value is -0.920. The molecular formula is C14H28N4O2S. The number of aromatic nitrogens is 2. The molecule has 0 fully saturated rings. The van der Waals surface area contributed by atoms with Crippen LogP contribution >= 0.6 is 0 Å². The molecule has 2 N–H and O–H groups in total. The third-order valence-corrected chi connectivity index (χ3v) is 5.60. The summed E-state index contributed by atoms with van der Waals surface area (Å²) in [4.78, 5) is 0.235. The minimum absolute atomic E-state index is 0.235. The van der Waals surface area contributed by atoms with Gasteiger partial charge < -0.3 is 5.32 Å². The van der Waals surface area contributed by atoms with Gasteiger partial charge in [-0.3, -0.25) is 4.68 Å². The molecule has 0 saturated carbocycles. The lowest BCUT2D eigenvalue weighted by molar-refractivity contribution is 0.341. The molecule has 0 spiro atoms. The molecule has 1 heterocycles. The average molecular weight is 316 g/mol. The number of hydrogen-bond donors (Lipinski definition) is 2. The third-order valence-electron chi connectivity index (χ3n) is 4.07. The van der Waals surface area contributed by atoms with Gasteiger partial charge in [-0.05, 0) is 25.8 Å². The Morgan fingerprint density at radius 3 is 2.33 bits per heavy atom. The first-order valence-electron chi connectivity index (χ1n) is 7.70. The summed E-state index contributed by atoms with van der Waals surface area (Å²) in [6.45, 7) is 10.4. The first-order chi connectivity index (χ1) is 9.93. The molecule has 6 nitrogen and oxygen atoms in total. The molecule has 1 aromatic heterocycles. The highest BCUT2D eigenvalue weighted by Gasteiger charge is 2.30. The van der Waals surface area contributed by atoms with Gasteiger partial charge in [0, 0.05) is 18.3 Å². The maximum absolute atomic E-state index is 12.5. The summed E-state index contributed by atoms with van der Waals surface area (Å²) in [6, 6.07) is 0. The van der Waals surface area contributed by atoms with E-state index in [9.17, 15) is 8.42 Å². The van der Waals surface area contributed by atoms with Crippen LogP contribution in [-0.2, 0) is 16.6 Å². The Bertz CT molecular complexity index is 513. The molecular weight excluding hydrogens is 288 g/mol. The summed E-state index contributed by atoms with van der Waals surface area (Å²) >= 11 is 0. The molecule has 0 radical (unpaired) electrons. The molecule has 0 amide bonds. The van der Waals surface area contributed by atoms with Gasteiger partial charge in [-0.1, -0.05) is 27.7 Å². The zero-order valence-corrected chi connectivity index (χ0v) is 14.3. The lowest BCUT2D eigenvalue weighted by atomic mass is 9.91. The van der Waals surface area contributed by atoms with Crippen molar-refractivity contribution < 1.29 is 8.42 Å². The zero-order chi connectivity index (χ0) is 15.9. The molecule has 0 bridgehead atoms. The first-order valence-corrected chi connectivity index (χ1v) is 9.18. The van der Waals surface area contributed by atoms with Crippen molar-refractivity contribution in [3.8, 4) is 0 Å². The van der Waals surface area contributed by atoms with Crippen molar-refractivity contribution >= 4 is 10.0 Å². The Labute approximate surface area is 128 Å². The van der Waals surface area contributed by atoms with Crippen molar-refractivity contribution in [2.45, 2.75) is 63.9 Å². The fourth-order valence-corrected chi connectivity index (χ4v) is 3.85. The van der Waals surface area contributed by atoms with Crippen molar-refractivity contribution in [2.75, 3.05) is 13.1 Å². The van der Waals surface area contributed by atoms with Crippen molar-refractivity contribution in [3.05, 3.63) is 12.4 Å². The molecule has 0 saturated heterocycles. The van der Waals surface area contributed by atoms with Crippen LogP contribution in [0.15, 0.2) is 17.3 Å². The molecule has 1 aromatic rings. The summed E-state index contributed by atoms with van der Waals surface area (Å²) in [6.07, 6.45) is 5.32. The highest BCUT2D eigenvalue weighted by molar-refractivity contribution is 7.89. The number of sulfonamides is 1. The lowest BCUT2D eigenvalue weighted by Crippen LogP contribution is -2.46. The van der Waals surface area contributed by atoms with Crippen LogP contribution < -0.4 is 10.0 Å². The molecule has 0 aliphatic heterocycles. The Balaban J connectivity index is 2.83. The van der Waals surface area contributed by atoms with Crippen LogP contribution in [0, 0.1) is 0 Å². The quantitative estimate of drug-likeness (QED) is 0.645. The standard InChI is InChI=1S/C14H28N4O2S/c1-5-14(6-2,7-3)17-21(19,20)13-11-16-18(12-13)10-9-15-8-4/h11-12,15,17H,5-10H2,1-4H3. The van der Waals surface area contributed by atoms with E-state index >= 15 is 0 Å². The van der Waals surface area contributed by atoms with E-state index < -0.39 is 10.0 Å². The van der Waals surface area contributed by atoms with Crippen LogP contribution in [0.1, 0.15) is 47.0 Å². The lowest BCUT2D eigenvalue weighted by Gasteiger charge is -2.30. The number of likely N-dealkylation sites (N-methyl/N-ethyl adjacent to an activating group) is 1. The van der Waals surface area contributed by atoms with E-state index in [-0.39, 0.29) is 10.4 Å². The van der Waals surface area contributed by atoms with E-state index in [2.05, 4.69) is 15.1 Å². The van der Waals surface area contributed by atoms with E-state index in [4.69, 9.17) is 0 Å². The van der Waals surface area contributed by atoms with Crippen molar-refractivity contribution in [2.24, 2.45) is 0 Å². The summed E-state index contributed by atoms with van der Waals surface area (Å²) in [5.74, 6) is 0. The highest BCUT2D eigenvalue weighted by atomic mass is 32.2. The van der Waals surface area contributed by atoms with Gasteiger partial charge in [-0.25, -0.2) is 13.1 Å². The predicted octanol–water partition coefficient (Wildman–Crippen LogP) is 1.74. The first kappa shape index (κ1) is 18.1. The van der Waals surface area contributed by atoms with Crippen molar-refractivity contribution in [1.29, 1.82) is 0 Å². The Kier molecular flexibility index (Phi) is 6.83. The van der Waals surface area contributed by atoms with Crippen LogP contribution in [0.2, 0.25) is 0 Å². The van der Waals surface area contributed by atoms with Gasteiger partial charge in [0.1, 0.15) is 4.90 Å². The molecule has 7 heteroatoms. The van der Waals surface area contributed by atoms with Crippen molar-refractivity contribution in [1.82, 2.24) is 19.8 Å². The number of hydrogen-bond acceptors (Lipinski definition) is 4. The maximum Gasteiger partial charge on any atom is 0.244 e. The van der Waals surface area contributed by atoms with Gasteiger partial charge in [-0.2, -0.15) is 5.10 Å². The fourth-order valence-electron chi connectivity index (χ4n) is 2.29. The second-order valence-corrected chi connectivity index (χ2v) is 6.92. The second-order valence-electron chi connectivity index (χ2n) is 5.24. The van der Waals surface area contributed by atoms with Gasteiger partial charge in [-0.15, -0.1) is 0 Å². The van der Waals surface area contributed by atoms with Gasteiger partial charge in [0.05, 0.1) is 12.7 Å². The normalized spacial score (nSPS) is 12.8. The Morgan fingerprint density at radius 2 is 1.81 bits per heavy atom. The Morgan fingerprint density at radius 1 is 1.19 bits per heavy atom. The van der Waals surface area contributed by atoms with Gasteiger partial charge in [0.15, 0.2) is 0 Å². The van der Waals surface area contributed by atoms with Crippen LogP contribution in [0.3, 0.4) is 0 Å². The average Bonchev–Trinajstić information content (AvgIpc) is 2.95. The van der Waals surface area contributed by atoms with E-state index in [1.54, 1.807) is 10.9 Å². The van der Waals surface area contributed by atoms with Crippen LogP contribution in [0.25, 0.3) is 0 Å². The smallest absolute Gasteiger partial charge is 0.244 e. The number of nitrogens with one attached hydrogen (secondary N) is 2. The third kappa shape index (κ3) is 4.79. The maximum atomic E-state index is 12.5. The van der Waals surface area contributed by atoms with E-state index in [0.717, 1.165) is 32.4 Å². The zero-order valence-electron chi connectivity index (χ0n) is 13.5. The predicted molar refractivity (Wildman–Crippen MR) is 84.7 cm³/mol. The van der Waals surface area contributed by atoms with Gasteiger partial charge >= 0.3 is 0 Å². The topological polar surface area (TPSA) is 76.0 Å². The molecule has 21 heavy (non-hydrogen) atoms. The summed E-state index contributed by atoms with van der Waals surface area (Å²) < 4.78 is 29.5. The van der Waals surface area contributed by atoms with Crippen LogP contribution in [0.4, 0.5) is 0 Å². The molecule has 1 rings (SSSR count). The minimum Gasteiger partial charge on any atom is -0.315 e. The van der Waals surface area contributed by atoms with Crippen LogP contribution in [0.5, 0.6) is 0 Å². The largest absolute Gasteiger partial charge is 0.315 e. The molecule has 122 valence electrons. The molecule has 0 aliphatic rings. The summed E-state index contributed by atoms with van der Waals surface area (Å²) in [5, 5.41) is 7.30. The minimum atomic E-state index is -3.52. The second kappa shape index (κ2) is 7.91. The van der Waals surface area contributed by atoms with Gasteiger partial charge in [0.2, 0.25) is 10.0 Å². The number of nitrogens with zero attached hydrogens (tertiary/aromatic N) is 2. The monoisotopic (exact) mass is 316 g/mol. The fraction of sp³-hybridized carbons (Fsp3) is 0.786. The van der Waals surface area contributed by atoms with Gasteiger partial charge in [0.25, 0.3) is 0 Å². The molecule has 0 unspecified atom stereocenters. The van der Waals surface area contributed by atoms with E-state index in [0.29, 0.717) is 6.54 Å². The summed E-state index contributed by atoms with van der Waals surface area (Å²) in [7, 11) is -3.52. The van der Waals surface area contributed by atoms with Crippen LogP contribution in [-0.4, -0.2) is 36.8 Å². The van der Waals surface area contributed by atoms with Crippen molar-refractivity contribution in [3.63, 3.8) is 0 Å². The van der Waals surface area contributed by atoms with E-state index in [1.165, 1.54) is 6.20 Å². The molecule has 0 aromatic carbocycles. The van der Waals surface area contributed by atoms with E-state index in [1.807, 2.05) is 27.7 Å². The summed E-state index contributed by atoms with van der Waals surface area (Å²) in [5.41, 5.74) is -0.370. The highest BCUT2D eigenvalue weighted by Crippen LogP contribution is 2.22. The SMILES string of the molecule is CCNCCn1cc(S(=O)(=O)NC(CC)(CC)CC)cn1. The molecule has 0 atom stereocenters. The molecule has 0 aliphatic carbocycles.